The number of nitrogens with two attached hydrogens (primary N) is 1. The summed E-state index contributed by atoms with van der Waals surface area (Å²) in [6.07, 6.45) is 6.69. The van der Waals surface area contributed by atoms with Gasteiger partial charge in [0.15, 0.2) is 6.30 Å². The third-order valence-corrected chi connectivity index (χ3v) is 26.3. The summed E-state index contributed by atoms with van der Waals surface area (Å²) < 4.78 is 50.8. The molecule has 0 spiro atoms. The molecule has 2 unspecified atom stereocenters. The number of halogens is 3. The molecule has 0 bridgehead atoms. The van der Waals surface area contributed by atoms with Crippen LogP contribution in [0.3, 0.4) is 0 Å². The number of azide groups is 3. The average Bonchev–Trinajstić information content (AvgIpc) is 0.905. The number of thioether (sulfide) groups is 2. The highest BCUT2D eigenvalue weighted by Gasteiger charge is 2.31. The van der Waals surface area contributed by atoms with E-state index in [1.165, 1.54) is 65.4 Å². The predicted octanol–water partition coefficient (Wildman–Crippen LogP) is 35.0. The van der Waals surface area contributed by atoms with E-state index in [4.69, 9.17) is 27.1 Å². The van der Waals surface area contributed by atoms with Crippen LogP contribution in [-0.2, 0) is 28.6 Å². The van der Waals surface area contributed by atoms with Crippen molar-refractivity contribution in [3.05, 3.63) is 97.1 Å². The van der Waals surface area contributed by atoms with E-state index in [2.05, 4.69) is 257 Å². The molecule has 2 atom stereocenters. The second-order valence-electron chi connectivity index (χ2n) is 33.8. The zero-order valence-corrected chi connectivity index (χ0v) is 94.3. The molecule has 0 fully saturated rings. The number of benzene rings is 1. The number of nitro groups is 1. The highest BCUT2D eigenvalue weighted by atomic mass is 33.1. The van der Waals surface area contributed by atoms with Crippen molar-refractivity contribution in [2.45, 2.75) is 355 Å². The summed E-state index contributed by atoms with van der Waals surface area (Å²) in [5.41, 5.74) is 28.2. The molecule has 0 radical (unpaired) electrons. The van der Waals surface area contributed by atoms with E-state index in [-0.39, 0.29) is 46.5 Å². The fraction of sp³-hybridized carbons (Fsp3) is 0.857. The molecule has 2 N–H and O–H groups in total. The van der Waals surface area contributed by atoms with Gasteiger partial charge in [-0.05, 0) is 131 Å². The Morgan fingerprint density at radius 1 is 0.537 bits per heavy atom. The van der Waals surface area contributed by atoms with Crippen LogP contribution in [0.5, 0.6) is 0 Å². The lowest BCUT2D eigenvalue weighted by molar-refractivity contribution is -0.513. The lowest BCUT2D eigenvalue weighted by Gasteiger charge is -2.16. The van der Waals surface area contributed by atoms with Crippen molar-refractivity contribution in [3.8, 4) is 0 Å². The molecule has 32 heteroatoms. The van der Waals surface area contributed by atoms with Crippen LogP contribution >= 0.6 is 110 Å². The van der Waals surface area contributed by atoms with Gasteiger partial charge in [0.1, 0.15) is 6.61 Å². The molecule has 0 aliphatic heterocycles. The molecule has 0 saturated heterocycles. The molecule has 123 heavy (non-hydrogen) atoms. The third kappa shape index (κ3) is 197. The summed E-state index contributed by atoms with van der Waals surface area (Å²) in [5, 5.41) is 19.6. The Morgan fingerprint density at radius 3 is 1.11 bits per heavy atom. The van der Waals surface area contributed by atoms with Crippen molar-refractivity contribution in [2.75, 3.05) is 72.9 Å². The van der Waals surface area contributed by atoms with Crippen LogP contribution in [0.4, 0.5) is 13.2 Å². The number of rotatable bonds is 37. The van der Waals surface area contributed by atoms with E-state index in [9.17, 15) is 37.7 Å². The maximum Gasteiger partial charge on any atom is 0.328 e. The number of carbonyl (C=O) groups is 3. The largest absolute Gasteiger partial charge is 0.466 e. The summed E-state index contributed by atoms with van der Waals surface area (Å²) in [4.78, 5) is 49.1. The van der Waals surface area contributed by atoms with Gasteiger partial charge in [-0.1, -0.05) is 410 Å². The Labute approximate surface area is 797 Å². The Kier molecular flexibility index (Phi) is 146. The maximum atomic E-state index is 12.1. The van der Waals surface area contributed by atoms with E-state index < -0.39 is 24.3 Å². The molecule has 0 saturated carbocycles. The third-order valence-electron chi connectivity index (χ3n) is 11.5. The number of carbonyl (C=O) groups excluding carboxylic acids is 3. The highest BCUT2D eigenvalue weighted by Crippen LogP contribution is 2.36. The normalized spacial score (nSPS) is 10.6. The Balaban J connectivity index is -0.0000000782. The molecule has 0 heterocycles. The summed E-state index contributed by atoms with van der Waals surface area (Å²) in [6.45, 7) is 96.2. The van der Waals surface area contributed by atoms with Crippen LogP contribution in [0, 0.1) is 93.0 Å². The Morgan fingerprint density at radius 2 is 0.919 bits per heavy atom. The Hall–Kier alpha value is -2.31. The van der Waals surface area contributed by atoms with Gasteiger partial charge in [-0.2, -0.15) is 20.5 Å². The van der Waals surface area contributed by atoms with Gasteiger partial charge in [-0.15, -0.1) is 18.3 Å². The lowest BCUT2D eigenvalue weighted by Crippen LogP contribution is -2.19. The van der Waals surface area contributed by atoms with Gasteiger partial charge in [-0.25, -0.2) is 4.39 Å². The first-order valence-corrected chi connectivity index (χ1v) is 55.4. The number of hydrogen-bond acceptors (Lipinski definition) is 22. The minimum Gasteiger partial charge on any atom is -0.466 e. The van der Waals surface area contributed by atoms with Crippen molar-refractivity contribution < 1.29 is 46.7 Å². The van der Waals surface area contributed by atoms with E-state index in [1.54, 1.807) is 61.5 Å². The van der Waals surface area contributed by atoms with Crippen LogP contribution in [0.25, 0.3) is 31.3 Å². The summed E-state index contributed by atoms with van der Waals surface area (Å²) in [5.74, 6) is 14.3. The van der Waals surface area contributed by atoms with Crippen LogP contribution in [0.2, 0.25) is 0 Å². The molecule has 19 nitrogen and oxygen atoms in total. The Bertz CT molecular complexity index is 2480. The monoisotopic (exact) mass is 1940 g/mol. The fourth-order valence-corrected chi connectivity index (χ4v) is 15.0. The van der Waals surface area contributed by atoms with Crippen LogP contribution < -0.4 is 5.73 Å². The molecule has 0 aliphatic rings. The van der Waals surface area contributed by atoms with Gasteiger partial charge in [-0.3, -0.25) is 24.5 Å². The van der Waals surface area contributed by atoms with Gasteiger partial charge in [0.05, 0.1) is 31.0 Å². The van der Waals surface area contributed by atoms with Crippen molar-refractivity contribution in [3.63, 3.8) is 0 Å². The number of alkyl halides is 3. The molecule has 738 valence electrons. The van der Waals surface area contributed by atoms with Gasteiger partial charge in [0, 0.05) is 101 Å². The second kappa shape index (κ2) is 116. The van der Waals surface area contributed by atoms with Crippen LogP contribution in [0.15, 0.2) is 75.9 Å². The minimum atomic E-state index is -3.24. The molecule has 1 rings (SSSR count). The van der Waals surface area contributed by atoms with E-state index in [1.807, 2.05) is 176 Å². The minimum absolute atomic E-state index is 0.00921. The summed E-state index contributed by atoms with van der Waals surface area (Å²) in [6, 6.07) is 7.21. The van der Waals surface area contributed by atoms with Crippen molar-refractivity contribution >= 4 is 128 Å². The van der Waals surface area contributed by atoms with Gasteiger partial charge < -0.3 is 19.9 Å². The molecule has 0 amide bonds. The quantitative estimate of drug-likeness (QED) is 0.00526. The number of allylic oxidation sites excluding steroid dienone is 1. The molecule has 0 aliphatic carbocycles. The smallest absolute Gasteiger partial charge is 0.328 e. The molecule has 0 aromatic heterocycles. The first-order valence-electron chi connectivity index (χ1n) is 43.5. The predicted molar refractivity (Wildman–Crippen MR) is 567 cm³/mol. The second-order valence-corrected chi connectivity index (χ2v) is 48.2. The fourth-order valence-electron chi connectivity index (χ4n) is 4.18. The van der Waals surface area contributed by atoms with Crippen molar-refractivity contribution in [2.24, 2.45) is 104 Å². The molecule has 1 aromatic carbocycles. The SMILES string of the molecule is C=CCC(C)C.C=CCOC(=O)C(C)C.CC(C)C(F)(F)N=[N+]=[N-].CC(C)C(F)N=[N+]=[N-].CC(C)CN=[N+]=[N-].CC(C)CSSC(C)(C)C.CC(C)CSSC(C)C.CC(C)CSc1ccccc1.CC(C)N.CC(C)[N+](=O)[O-].CCC(C)C.CCOC(=O)C(C)C.CCOC(=O)C(C)C.CCSC(C)C(C)C.CCSSCC(C)C.CSSCC(C)C. The zero-order valence-electron chi connectivity index (χ0n) is 86.1. The maximum absolute atomic E-state index is 12.1. The van der Waals surface area contributed by atoms with Crippen LogP contribution in [0.1, 0.15) is 311 Å². The highest BCUT2D eigenvalue weighted by molar-refractivity contribution is 8.77. The van der Waals surface area contributed by atoms with E-state index >= 15 is 0 Å². The topological polar surface area (TPSA) is 294 Å². The number of hydrogen-bond donors (Lipinski definition) is 1. The van der Waals surface area contributed by atoms with Crippen molar-refractivity contribution in [1.29, 1.82) is 0 Å². The first kappa shape index (κ1) is 155. The zero-order chi connectivity index (χ0) is 100. The van der Waals surface area contributed by atoms with Crippen LogP contribution in [-0.4, -0.2) is 135 Å². The molecular weight excluding hydrogens is 1750 g/mol. The van der Waals surface area contributed by atoms with Gasteiger partial charge in [0.25, 0.3) is 0 Å². The average molecular weight is 1940 g/mol. The summed E-state index contributed by atoms with van der Waals surface area (Å²) >= 11 is 3.97. The van der Waals surface area contributed by atoms with Crippen molar-refractivity contribution in [1.82, 2.24) is 0 Å². The van der Waals surface area contributed by atoms with E-state index in [0.717, 1.165) is 64.3 Å². The first-order chi connectivity index (χ1) is 56.5. The van der Waals surface area contributed by atoms with Gasteiger partial charge >= 0.3 is 24.0 Å². The lowest BCUT2D eigenvalue weighted by atomic mass is 10.1. The number of nitrogens with zero attached hydrogens (tertiary/aromatic N) is 10. The van der Waals surface area contributed by atoms with E-state index in [0.29, 0.717) is 43.1 Å². The number of esters is 3. The number of ether oxygens (including phenoxy) is 3. The standard InChI is InChI=1S/C10H14S.C8H18S2.C7H12O2.C7H16S2.C7H16S.2C6H12O2.C6H14S2.C6H12.C5H12S2.C5H12.C4H7F2N3.C4H8FN3.C4H9N3.C3H7NO2.C3H9N/c1-9(2)8-11-10-6-4-3-5-7-10;1-7(2)6-9-10-8(3,4)5;1-4-5-9-7(8)6(2)3;1-6(2)5-8-9-7(3)4;1-5-8-7(4)6(2)3;2*1-4-8-6(7)5(2)3;1-4-7-8-5-6(2)3;1-4-5-6(2)3;1-5(2)4-7-6-3;1-4-5(2)3;1-3(2)4(5,6)8-9-7;1-3(2)4(5)7-8-6;1-4(2)3-6-7-5;1-3(2)4(5)6;1-3(2)4/h3-7,9H,8H2,1-2H3;7H,6H2,1-5H3;4,6H,1,5H2,2-3H3;6-7H,5H2,1-4H3;6-7H,5H2,1-4H3;2*5H,4H2,1-3H3;6H,4-5H2,1-3H3;4,6H,1,5H2,2-3H3;5H,4H2,1-3H3;5H,4H2,1-3H3;3H,1-2H3;3-4H,1-2H3;4H,3H2,1-2H3;3H,1-2H3;3H,4H2,1-2H3. The molecule has 1 aromatic rings. The molecular formula is C91H190F3N11O8S10. The summed E-state index contributed by atoms with van der Waals surface area (Å²) in [7, 11) is 15.6. The van der Waals surface area contributed by atoms with Gasteiger partial charge in [0.2, 0.25) is 6.04 Å².